The van der Waals surface area contributed by atoms with E-state index >= 15 is 0 Å². The van der Waals surface area contributed by atoms with Crippen LogP contribution in [0.1, 0.15) is 39.7 Å². The first-order chi connectivity index (χ1) is 18.6. The lowest BCUT2D eigenvalue weighted by Gasteiger charge is -2.31. The Hall–Kier alpha value is -4.81. The van der Waals surface area contributed by atoms with Crippen LogP contribution in [0.5, 0.6) is 0 Å². The normalized spacial score (nSPS) is 14.0. The van der Waals surface area contributed by atoms with Crippen LogP contribution in [0.4, 0.5) is 30.6 Å². The van der Waals surface area contributed by atoms with Crippen LogP contribution >= 0.6 is 0 Å². The molecule has 2 aliphatic heterocycles. The first-order valence-corrected chi connectivity index (χ1v) is 11.7. The smallest absolute Gasteiger partial charge is 0.416 e. The van der Waals surface area contributed by atoms with E-state index in [0.717, 1.165) is 57.8 Å². The van der Waals surface area contributed by atoms with E-state index in [0.29, 0.717) is 24.7 Å². The number of carboxylic acid groups (broad SMARTS) is 1. The molecule has 0 aliphatic carbocycles. The van der Waals surface area contributed by atoms with Gasteiger partial charge in [0.2, 0.25) is 5.95 Å². The molecule has 0 saturated heterocycles. The minimum Gasteiger partial charge on any atom is -0.483 e. The Kier molecular flexibility index (Phi) is 7.61. The predicted molar refractivity (Wildman–Crippen MR) is 141 cm³/mol. The summed E-state index contributed by atoms with van der Waals surface area (Å²) in [5.74, 6) is 1.35. The topological polar surface area (TPSA) is 133 Å². The van der Waals surface area contributed by atoms with Gasteiger partial charge in [-0.1, -0.05) is 6.07 Å². The summed E-state index contributed by atoms with van der Waals surface area (Å²) >= 11 is 0. The van der Waals surface area contributed by atoms with Crippen LogP contribution in [0.25, 0.3) is 11.1 Å². The average molecular weight is 540 g/mol. The number of hydrogen-bond acceptors (Lipinski definition) is 8. The van der Waals surface area contributed by atoms with Crippen molar-refractivity contribution in [1.82, 2.24) is 15.0 Å². The van der Waals surface area contributed by atoms with Crippen LogP contribution in [-0.2, 0) is 11.0 Å². The highest BCUT2D eigenvalue weighted by Crippen LogP contribution is 2.41. The molecule has 202 valence electrons. The predicted octanol–water partition coefficient (Wildman–Crippen LogP) is 4.36. The molecule has 5 rings (SSSR count). The van der Waals surface area contributed by atoms with Gasteiger partial charge in [0.05, 0.1) is 12.1 Å². The number of rotatable bonds is 4. The number of halogens is 3. The summed E-state index contributed by atoms with van der Waals surface area (Å²) in [7, 11) is 1.76. The standard InChI is InChI=1S/C25H22F3N7O.CH2O2/c1-13-4-5-16(33-23(36)19-10-15(6-7-30-19)25(26,27)28)11-17(13)20-14(2)18-12-32-24(29-3)34-21(18)35-9-8-31-22(20)35;2-1-3/h4-7,10-12H,8-9H2,1-3H3,(H,33,36)(H,29,32,34);1H,(H,2,3). The third-order valence-corrected chi connectivity index (χ3v) is 6.18. The highest BCUT2D eigenvalue weighted by Gasteiger charge is 2.34. The molecule has 1 amide bonds. The van der Waals surface area contributed by atoms with Gasteiger partial charge in [-0.2, -0.15) is 18.2 Å². The van der Waals surface area contributed by atoms with Crippen molar-refractivity contribution in [3.8, 4) is 0 Å². The summed E-state index contributed by atoms with van der Waals surface area (Å²) in [5, 5.41) is 12.5. The van der Waals surface area contributed by atoms with E-state index in [9.17, 15) is 18.0 Å². The first kappa shape index (κ1) is 27.2. The number of aryl methyl sites for hydroxylation is 1. The van der Waals surface area contributed by atoms with E-state index in [1.54, 1.807) is 25.4 Å². The van der Waals surface area contributed by atoms with Crippen LogP contribution in [-0.4, -0.2) is 58.4 Å². The van der Waals surface area contributed by atoms with Crippen LogP contribution in [0.15, 0.2) is 47.7 Å². The molecule has 3 N–H and O–H groups in total. The van der Waals surface area contributed by atoms with E-state index in [2.05, 4.69) is 30.5 Å². The summed E-state index contributed by atoms with van der Waals surface area (Å²) in [6, 6.07) is 6.91. The Bertz CT molecular complexity index is 1500. The number of carbonyl (C=O) groups is 2. The zero-order chi connectivity index (χ0) is 28.3. The Labute approximate surface area is 221 Å². The molecule has 3 aromatic rings. The number of pyridine rings is 1. The lowest BCUT2D eigenvalue weighted by Crippen LogP contribution is -2.33. The molecule has 2 aliphatic rings. The van der Waals surface area contributed by atoms with Crippen molar-refractivity contribution in [2.45, 2.75) is 20.0 Å². The van der Waals surface area contributed by atoms with Gasteiger partial charge in [0.1, 0.15) is 17.3 Å². The lowest BCUT2D eigenvalue weighted by atomic mass is 9.89. The fourth-order valence-electron chi connectivity index (χ4n) is 4.35. The second-order valence-corrected chi connectivity index (χ2v) is 8.55. The molecule has 0 unspecified atom stereocenters. The number of aliphatic imine (C=N–C) groups is 1. The summed E-state index contributed by atoms with van der Waals surface area (Å²) in [6.07, 6.45) is -1.82. The minimum absolute atomic E-state index is 0.250. The molecule has 1 aromatic carbocycles. The van der Waals surface area contributed by atoms with Gasteiger partial charge in [-0.3, -0.25) is 19.6 Å². The molecule has 39 heavy (non-hydrogen) atoms. The maximum absolute atomic E-state index is 13.1. The van der Waals surface area contributed by atoms with Gasteiger partial charge in [-0.05, 0) is 54.8 Å². The van der Waals surface area contributed by atoms with Crippen LogP contribution in [0.2, 0.25) is 0 Å². The molecule has 4 heterocycles. The number of nitrogens with zero attached hydrogens (tertiary/aromatic N) is 5. The Morgan fingerprint density at radius 3 is 2.56 bits per heavy atom. The molecule has 0 radical (unpaired) electrons. The molecule has 0 spiro atoms. The number of carbonyl (C=O) groups excluding carboxylic acids is 1. The van der Waals surface area contributed by atoms with Gasteiger partial charge in [0.25, 0.3) is 12.4 Å². The highest BCUT2D eigenvalue weighted by atomic mass is 19.4. The molecular weight excluding hydrogens is 515 g/mol. The molecule has 2 aromatic heterocycles. The van der Waals surface area contributed by atoms with E-state index in [4.69, 9.17) is 14.9 Å². The quantitative estimate of drug-likeness (QED) is 0.417. The minimum atomic E-state index is -4.57. The van der Waals surface area contributed by atoms with Crippen molar-refractivity contribution >= 4 is 46.8 Å². The van der Waals surface area contributed by atoms with Crippen molar-refractivity contribution in [3.05, 3.63) is 70.7 Å². The second-order valence-electron chi connectivity index (χ2n) is 8.55. The van der Waals surface area contributed by atoms with E-state index in [1.807, 2.05) is 19.9 Å². The largest absolute Gasteiger partial charge is 0.483 e. The number of alkyl halides is 3. The fourth-order valence-corrected chi connectivity index (χ4v) is 4.35. The van der Waals surface area contributed by atoms with Gasteiger partial charge in [0, 0.05) is 42.8 Å². The monoisotopic (exact) mass is 539 g/mol. The highest BCUT2D eigenvalue weighted by molar-refractivity contribution is 6.38. The molecule has 10 nitrogen and oxygen atoms in total. The molecule has 0 saturated carbocycles. The maximum atomic E-state index is 13.1. The van der Waals surface area contributed by atoms with Crippen molar-refractivity contribution in [2.24, 2.45) is 4.99 Å². The summed E-state index contributed by atoms with van der Waals surface area (Å²) in [6.45, 7) is 4.97. The molecule has 0 fully saturated rings. The lowest BCUT2D eigenvalue weighted by molar-refractivity contribution is -0.137. The van der Waals surface area contributed by atoms with Gasteiger partial charge in [-0.15, -0.1) is 0 Å². The van der Waals surface area contributed by atoms with Crippen LogP contribution < -0.4 is 15.5 Å². The maximum Gasteiger partial charge on any atom is 0.416 e. The molecule has 13 heteroatoms. The van der Waals surface area contributed by atoms with E-state index in [-0.39, 0.29) is 12.2 Å². The van der Waals surface area contributed by atoms with Crippen LogP contribution in [0, 0.1) is 6.92 Å². The number of fused-ring (bicyclic) bond motifs is 3. The summed E-state index contributed by atoms with van der Waals surface area (Å²) in [4.78, 5) is 40.7. The number of hydrogen-bond donors (Lipinski definition) is 3. The van der Waals surface area contributed by atoms with Crippen molar-refractivity contribution in [1.29, 1.82) is 0 Å². The third-order valence-electron chi connectivity index (χ3n) is 6.18. The summed E-state index contributed by atoms with van der Waals surface area (Å²) < 4.78 is 39.2. The zero-order valence-electron chi connectivity index (χ0n) is 21.2. The van der Waals surface area contributed by atoms with E-state index < -0.39 is 17.6 Å². The van der Waals surface area contributed by atoms with Gasteiger partial charge < -0.3 is 20.6 Å². The van der Waals surface area contributed by atoms with Crippen LogP contribution in [0.3, 0.4) is 0 Å². The third kappa shape index (κ3) is 5.42. The molecule has 0 bridgehead atoms. The average Bonchev–Trinajstić information content (AvgIpc) is 3.40. The van der Waals surface area contributed by atoms with Crippen molar-refractivity contribution < 1.29 is 27.9 Å². The van der Waals surface area contributed by atoms with Gasteiger partial charge >= 0.3 is 6.18 Å². The molecular formula is C26H24F3N7O3. The number of nitrogens with one attached hydrogen (secondary N) is 2. The van der Waals surface area contributed by atoms with Gasteiger partial charge in [0.15, 0.2) is 0 Å². The number of aromatic nitrogens is 3. The Balaban J connectivity index is 0.00000112. The number of amides is 1. The number of allylic oxidation sites excluding steroid dienone is 1. The number of benzene rings is 1. The van der Waals surface area contributed by atoms with E-state index in [1.165, 1.54) is 0 Å². The first-order valence-electron chi connectivity index (χ1n) is 11.7. The summed E-state index contributed by atoms with van der Waals surface area (Å²) in [5.41, 5.74) is 3.68. The molecule has 0 atom stereocenters. The Morgan fingerprint density at radius 1 is 1.13 bits per heavy atom. The Morgan fingerprint density at radius 2 is 1.87 bits per heavy atom. The number of amidine groups is 1. The fraction of sp³-hybridized carbons (Fsp3) is 0.231. The second kappa shape index (κ2) is 10.9. The zero-order valence-corrected chi connectivity index (χ0v) is 21.2. The van der Waals surface area contributed by atoms with Crippen molar-refractivity contribution in [3.63, 3.8) is 0 Å². The SMILES string of the molecule is CNc1ncc2c(n1)N1CCN=C1C(c1cc(NC(=O)c3cc(C(F)(F)F)ccn3)ccc1C)=C2C.O=CO. The number of anilines is 3. The van der Waals surface area contributed by atoms with Gasteiger partial charge in [-0.25, -0.2) is 4.98 Å². The van der Waals surface area contributed by atoms with Crippen molar-refractivity contribution in [2.75, 3.05) is 35.7 Å².